The molecule has 0 saturated heterocycles. The quantitative estimate of drug-likeness (QED) is 0.860. The summed E-state index contributed by atoms with van der Waals surface area (Å²) in [5, 5.41) is 8.54. The van der Waals surface area contributed by atoms with Gasteiger partial charge in [0.2, 0.25) is 0 Å². The van der Waals surface area contributed by atoms with E-state index in [1.807, 2.05) is 0 Å². The minimum absolute atomic E-state index is 0.0965. The molecule has 22 heavy (non-hydrogen) atoms. The topological polar surface area (TPSA) is 109 Å². The highest BCUT2D eigenvalue weighted by molar-refractivity contribution is 7.90. The molecule has 8 heteroatoms. The van der Waals surface area contributed by atoms with Gasteiger partial charge >= 0.3 is 0 Å². The molecule has 2 N–H and O–H groups in total. The lowest BCUT2D eigenvalue weighted by atomic mass is 10.1. The summed E-state index contributed by atoms with van der Waals surface area (Å²) in [4.78, 5) is 23.1. The molecule has 0 unspecified atom stereocenters. The molecule has 1 aromatic heterocycles. The second-order valence-corrected chi connectivity index (χ2v) is 6.86. The third-order valence-corrected chi connectivity index (χ3v) is 4.20. The van der Waals surface area contributed by atoms with Crippen LogP contribution in [0.4, 0.5) is 0 Å². The fourth-order valence-electron chi connectivity index (χ4n) is 1.83. The van der Waals surface area contributed by atoms with Crippen molar-refractivity contribution in [2.45, 2.75) is 17.9 Å². The molecule has 7 nitrogen and oxygen atoms in total. The van der Waals surface area contributed by atoms with Gasteiger partial charge in [0.1, 0.15) is 5.69 Å². The zero-order chi connectivity index (χ0) is 16.3. The Morgan fingerprint density at radius 2 is 1.82 bits per heavy atom. The monoisotopic (exact) mass is 321 g/mol. The molecule has 2 aromatic rings. The molecule has 2 rings (SSSR count). The van der Waals surface area contributed by atoms with Gasteiger partial charge < -0.3 is 5.32 Å². The number of hydrogen-bond acceptors (Lipinski definition) is 5. The zero-order valence-corrected chi connectivity index (χ0v) is 12.8. The number of aromatic amines is 1. The fourth-order valence-corrected chi connectivity index (χ4v) is 2.46. The van der Waals surface area contributed by atoms with Crippen molar-refractivity contribution in [3.05, 3.63) is 58.0 Å². The van der Waals surface area contributed by atoms with Gasteiger partial charge in [0.05, 0.1) is 10.9 Å². The molecule has 0 saturated carbocycles. The number of sulfone groups is 1. The van der Waals surface area contributed by atoms with Crippen molar-refractivity contribution in [2.24, 2.45) is 0 Å². The van der Waals surface area contributed by atoms with Crippen LogP contribution in [0.5, 0.6) is 0 Å². The second-order valence-electron chi connectivity index (χ2n) is 4.84. The van der Waals surface area contributed by atoms with E-state index >= 15 is 0 Å². The van der Waals surface area contributed by atoms with Crippen LogP contribution in [0, 0.1) is 0 Å². The van der Waals surface area contributed by atoms with Crippen molar-refractivity contribution in [1.29, 1.82) is 0 Å². The van der Waals surface area contributed by atoms with Gasteiger partial charge in [-0.25, -0.2) is 13.5 Å². The number of nitrogens with one attached hydrogen (secondary N) is 2. The normalized spacial score (nSPS) is 12.6. The van der Waals surface area contributed by atoms with Gasteiger partial charge in [0, 0.05) is 12.3 Å². The summed E-state index contributed by atoms with van der Waals surface area (Å²) in [5.41, 5.74) is 0.463. The molecule has 1 atom stereocenters. The smallest absolute Gasteiger partial charge is 0.272 e. The second kappa shape index (κ2) is 6.10. The summed E-state index contributed by atoms with van der Waals surface area (Å²) >= 11 is 0. The maximum Gasteiger partial charge on any atom is 0.272 e. The van der Waals surface area contributed by atoms with Crippen LogP contribution in [-0.2, 0) is 9.84 Å². The number of amides is 1. The third-order valence-electron chi connectivity index (χ3n) is 3.07. The van der Waals surface area contributed by atoms with Gasteiger partial charge in [-0.15, -0.1) is 0 Å². The number of rotatable bonds is 4. The Labute approximate surface area is 127 Å². The Balaban J connectivity index is 2.11. The Hall–Kier alpha value is -2.48. The van der Waals surface area contributed by atoms with Gasteiger partial charge in [-0.1, -0.05) is 12.1 Å². The molecule has 0 aliphatic rings. The molecule has 0 bridgehead atoms. The molecule has 0 aliphatic carbocycles. The Kier molecular flexibility index (Phi) is 4.41. The lowest BCUT2D eigenvalue weighted by molar-refractivity contribution is 0.0933. The highest BCUT2D eigenvalue weighted by Gasteiger charge is 2.14. The first-order chi connectivity index (χ1) is 10.3. The van der Waals surface area contributed by atoms with Gasteiger partial charge in [-0.3, -0.25) is 9.59 Å². The summed E-state index contributed by atoms with van der Waals surface area (Å²) in [6.45, 7) is 1.76. The zero-order valence-electron chi connectivity index (χ0n) is 12.0. The largest absolute Gasteiger partial charge is 0.344 e. The minimum Gasteiger partial charge on any atom is -0.344 e. The summed E-state index contributed by atoms with van der Waals surface area (Å²) in [6, 6.07) is 8.47. The van der Waals surface area contributed by atoms with Crippen molar-refractivity contribution < 1.29 is 13.2 Å². The van der Waals surface area contributed by atoms with E-state index in [4.69, 9.17) is 0 Å². The van der Waals surface area contributed by atoms with Crippen LogP contribution in [0.1, 0.15) is 29.0 Å². The average molecular weight is 321 g/mol. The van der Waals surface area contributed by atoms with Crippen LogP contribution < -0.4 is 10.9 Å². The minimum atomic E-state index is -3.25. The van der Waals surface area contributed by atoms with Crippen molar-refractivity contribution >= 4 is 15.7 Å². The fraction of sp³-hybridized carbons (Fsp3) is 0.214. The number of benzene rings is 1. The van der Waals surface area contributed by atoms with Crippen molar-refractivity contribution in [1.82, 2.24) is 15.5 Å². The maximum absolute atomic E-state index is 12.0. The Morgan fingerprint density at radius 3 is 2.32 bits per heavy atom. The number of H-pyrrole nitrogens is 1. The van der Waals surface area contributed by atoms with E-state index in [2.05, 4.69) is 15.5 Å². The first-order valence-corrected chi connectivity index (χ1v) is 8.33. The molecule has 0 radical (unpaired) electrons. The number of carbonyl (C=O) groups is 1. The van der Waals surface area contributed by atoms with Crippen LogP contribution in [0.15, 0.2) is 46.1 Å². The molecule has 1 amide bonds. The summed E-state index contributed by atoms with van der Waals surface area (Å²) in [5.74, 6) is -0.434. The summed E-state index contributed by atoms with van der Waals surface area (Å²) in [7, 11) is -3.25. The van der Waals surface area contributed by atoms with E-state index in [1.165, 1.54) is 24.3 Å². The summed E-state index contributed by atoms with van der Waals surface area (Å²) < 4.78 is 22.8. The van der Waals surface area contributed by atoms with E-state index in [9.17, 15) is 18.0 Å². The first kappa shape index (κ1) is 15.9. The lowest BCUT2D eigenvalue weighted by Gasteiger charge is -2.14. The van der Waals surface area contributed by atoms with Crippen LogP contribution in [0.2, 0.25) is 0 Å². The maximum atomic E-state index is 12.0. The van der Waals surface area contributed by atoms with Crippen LogP contribution in [0.25, 0.3) is 0 Å². The van der Waals surface area contributed by atoms with Gasteiger partial charge in [-0.2, -0.15) is 5.10 Å². The number of nitrogens with zero attached hydrogens (tertiary/aromatic N) is 1. The van der Waals surface area contributed by atoms with Crippen molar-refractivity contribution in [2.75, 3.05) is 6.26 Å². The predicted molar refractivity (Wildman–Crippen MR) is 80.3 cm³/mol. The highest BCUT2D eigenvalue weighted by atomic mass is 32.2. The number of aromatic nitrogens is 2. The molecular formula is C14H15N3O4S. The molecule has 0 spiro atoms. The number of carbonyl (C=O) groups excluding carboxylic acids is 1. The third kappa shape index (κ3) is 3.79. The SMILES string of the molecule is C[C@@H](NC(=O)c1ccc(=O)[nH]n1)c1ccc(S(C)(=O)=O)cc1. The predicted octanol–water partition coefficient (Wildman–Crippen LogP) is 0.664. The van der Waals surface area contributed by atoms with Crippen LogP contribution in [0.3, 0.4) is 0 Å². The molecule has 0 aliphatic heterocycles. The molecule has 1 heterocycles. The van der Waals surface area contributed by atoms with Crippen LogP contribution >= 0.6 is 0 Å². The average Bonchev–Trinajstić information content (AvgIpc) is 2.47. The molecule has 116 valence electrons. The van der Waals surface area contributed by atoms with E-state index in [1.54, 1.807) is 19.1 Å². The Bertz CT molecular complexity index is 821. The molecule has 1 aromatic carbocycles. The van der Waals surface area contributed by atoms with E-state index in [0.29, 0.717) is 0 Å². The highest BCUT2D eigenvalue weighted by Crippen LogP contribution is 2.16. The van der Waals surface area contributed by atoms with Gasteiger partial charge in [0.15, 0.2) is 9.84 Å². The van der Waals surface area contributed by atoms with Gasteiger partial charge in [-0.05, 0) is 30.7 Å². The first-order valence-electron chi connectivity index (χ1n) is 6.44. The lowest BCUT2D eigenvalue weighted by Crippen LogP contribution is -2.28. The Morgan fingerprint density at radius 1 is 1.18 bits per heavy atom. The van der Waals surface area contributed by atoms with Crippen molar-refractivity contribution in [3.63, 3.8) is 0 Å². The van der Waals surface area contributed by atoms with E-state index < -0.39 is 15.7 Å². The van der Waals surface area contributed by atoms with E-state index in [0.717, 1.165) is 11.8 Å². The standard InChI is InChI=1S/C14H15N3O4S/c1-9(10-3-5-11(6-4-10)22(2,20)21)15-14(19)12-7-8-13(18)17-16-12/h3-9H,1-2H3,(H,15,19)(H,17,18)/t9-/m1/s1. The molecular weight excluding hydrogens is 306 g/mol. The van der Waals surface area contributed by atoms with Crippen LogP contribution in [-0.4, -0.2) is 30.8 Å². The van der Waals surface area contributed by atoms with Crippen molar-refractivity contribution in [3.8, 4) is 0 Å². The molecule has 0 fully saturated rings. The summed E-state index contributed by atoms with van der Waals surface area (Å²) in [6.07, 6.45) is 1.13. The number of hydrogen-bond donors (Lipinski definition) is 2. The van der Waals surface area contributed by atoms with E-state index in [-0.39, 0.29) is 22.2 Å². The van der Waals surface area contributed by atoms with Gasteiger partial charge in [0.25, 0.3) is 11.5 Å².